The van der Waals surface area contributed by atoms with Gasteiger partial charge >= 0.3 is 0 Å². The van der Waals surface area contributed by atoms with Crippen molar-refractivity contribution in [2.24, 2.45) is 5.92 Å². The van der Waals surface area contributed by atoms with Crippen molar-refractivity contribution in [3.05, 3.63) is 0 Å². The van der Waals surface area contributed by atoms with Gasteiger partial charge in [0.1, 0.15) is 0 Å². The molecule has 1 amide bonds. The van der Waals surface area contributed by atoms with Crippen molar-refractivity contribution in [2.75, 3.05) is 18.1 Å². The Morgan fingerprint density at radius 3 is 2.75 bits per heavy atom. The molecule has 5 heteroatoms. The third-order valence-corrected chi connectivity index (χ3v) is 4.42. The number of hydrogen-bond acceptors (Lipinski definition) is 3. The molecule has 1 aliphatic heterocycles. The van der Waals surface area contributed by atoms with Crippen LogP contribution in [0.5, 0.6) is 0 Å². The van der Waals surface area contributed by atoms with Crippen LogP contribution in [0.3, 0.4) is 0 Å². The van der Waals surface area contributed by atoms with Crippen LogP contribution in [0.1, 0.15) is 25.7 Å². The van der Waals surface area contributed by atoms with Gasteiger partial charge in [-0.3, -0.25) is 4.79 Å². The molecule has 0 radical (unpaired) electrons. The monoisotopic (exact) mass is 243 g/mol. The standard InChI is InChI=1S/C11H17NO3S/c1-2-3-4-5-7-12-11(13)10-6-8-16(14,15)9-10/h1,10H,3-9H2,(H,12,13). The smallest absolute Gasteiger partial charge is 0.224 e. The predicted octanol–water partition coefficient (Wildman–Crippen LogP) is 0.341. The van der Waals surface area contributed by atoms with Crippen LogP contribution in [-0.4, -0.2) is 32.4 Å². The van der Waals surface area contributed by atoms with Gasteiger partial charge in [0.05, 0.1) is 17.4 Å². The van der Waals surface area contributed by atoms with E-state index < -0.39 is 9.84 Å². The summed E-state index contributed by atoms with van der Waals surface area (Å²) in [6.07, 6.45) is 8.00. The molecule has 0 bridgehead atoms. The highest BCUT2D eigenvalue weighted by Crippen LogP contribution is 2.18. The second-order valence-electron chi connectivity index (χ2n) is 4.05. The Morgan fingerprint density at radius 1 is 1.44 bits per heavy atom. The SMILES string of the molecule is C#CCCCCNC(=O)C1CCS(=O)(=O)C1. The van der Waals surface area contributed by atoms with Crippen LogP contribution >= 0.6 is 0 Å². The largest absolute Gasteiger partial charge is 0.356 e. The molecule has 1 aliphatic rings. The first kappa shape index (κ1) is 13.0. The zero-order valence-electron chi connectivity index (χ0n) is 9.24. The van der Waals surface area contributed by atoms with Crippen LogP contribution in [0.2, 0.25) is 0 Å². The molecule has 4 nitrogen and oxygen atoms in total. The van der Waals surface area contributed by atoms with Crippen LogP contribution in [0.4, 0.5) is 0 Å². The van der Waals surface area contributed by atoms with E-state index >= 15 is 0 Å². The lowest BCUT2D eigenvalue weighted by atomic mass is 10.1. The molecule has 0 aromatic carbocycles. The molecule has 16 heavy (non-hydrogen) atoms. The van der Waals surface area contributed by atoms with Gasteiger partial charge < -0.3 is 5.32 Å². The molecule has 1 N–H and O–H groups in total. The van der Waals surface area contributed by atoms with Gasteiger partial charge in [-0.05, 0) is 19.3 Å². The Kier molecular flexibility index (Phi) is 4.81. The molecule has 1 saturated heterocycles. The highest BCUT2D eigenvalue weighted by Gasteiger charge is 2.32. The molecule has 0 aromatic heterocycles. The van der Waals surface area contributed by atoms with Crippen LogP contribution < -0.4 is 5.32 Å². The summed E-state index contributed by atoms with van der Waals surface area (Å²) in [6, 6.07) is 0. The summed E-state index contributed by atoms with van der Waals surface area (Å²) in [5.41, 5.74) is 0. The van der Waals surface area contributed by atoms with E-state index in [1.807, 2.05) is 0 Å². The van der Waals surface area contributed by atoms with E-state index in [2.05, 4.69) is 11.2 Å². The maximum absolute atomic E-state index is 11.5. The Labute approximate surface area is 96.7 Å². The summed E-state index contributed by atoms with van der Waals surface area (Å²) in [5.74, 6) is 2.19. The lowest BCUT2D eigenvalue weighted by Crippen LogP contribution is -2.32. The van der Waals surface area contributed by atoms with E-state index in [1.54, 1.807) is 0 Å². The Bertz CT molecular complexity index is 381. The number of nitrogens with one attached hydrogen (secondary N) is 1. The lowest BCUT2D eigenvalue weighted by Gasteiger charge is -2.08. The number of carbonyl (C=O) groups excluding carboxylic acids is 1. The summed E-state index contributed by atoms with van der Waals surface area (Å²) < 4.78 is 22.3. The molecule has 0 aromatic rings. The Morgan fingerprint density at radius 2 is 2.19 bits per heavy atom. The normalized spacial score (nSPS) is 22.6. The molecule has 0 aliphatic carbocycles. The van der Waals surface area contributed by atoms with Crippen molar-refractivity contribution in [1.82, 2.24) is 5.32 Å². The minimum absolute atomic E-state index is 0.00316. The van der Waals surface area contributed by atoms with Crippen molar-refractivity contribution in [2.45, 2.75) is 25.7 Å². The number of amides is 1. The Balaban J connectivity index is 2.19. The van der Waals surface area contributed by atoms with E-state index in [0.29, 0.717) is 19.4 Å². The molecule has 0 spiro atoms. The summed E-state index contributed by atoms with van der Waals surface area (Å²) >= 11 is 0. The van der Waals surface area contributed by atoms with E-state index in [4.69, 9.17) is 6.42 Å². The van der Waals surface area contributed by atoms with Crippen molar-refractivity contribution in [3.63, 3.8) is 0 Å². The van der Waals surface area contributed by atoms with Crippen LogP contribution in [-0.2, 0) is 14.6 Å². The van der Waals surface area contributed by atoms with Gasteiger partial charge in [-0.25, -0.2) is 8.42 Å². The van der Waals surface area contributed by atoms with Crippen LogP contribution in [0.15, 0.2) is 0 Å². The van der Waals surface area contributed by atoms with Crippen LogP contribution in [0.25, 0.3) is 0 Å². The topological polar surface area (TPSA) is 63.2 Å². The van der Waals surface area contributed by atoms with Crippen molar-refractivity contribution in [3.8, 4) is 12.3 Å². The van der Waals surface area contributed by atoms with Gasteiger partial charge in [-0.1, -0.05) is 0 Å². The second kappa shape index (κ2) is 5.90. The minimum atomic E-state index is -2.97. The van der Waals surface area contributed by atoms with E-state index in [-0.39, 0.29) is 23.3 Å². The highest BCUT2D eigenvalue weighted by molar-refractivity contribution is 7.91. The van der Waals surface area contributed by atoms with Crippen molar-refractivity contribution >= 4 is 15.7 Å². The third-order valence-electron chi connectivity index (χ3n) is 2.65. The minimum Gasteiger partial charge on any atom is -0.356 e. The number of rotatable bonds is 5. The molecule has 1 atom stereocenters. The summed E-state index contributed by atoms with van der Waals surface area (Å²) in [4.78, 5) is 11.5. The summed E-state index contributed by atoms with van der Waals surface area (Å²) in [6.45, 7) is 0.580. The van der Waals surface area contributed by atoms with E-state index in [0.717, 1.165) is 12.8 Å². The summed E-state index contributed by atoms with van der Waals surface area (Å²) in [7, 11) is -2.97. The molecule has 1 unspecified atom stereocenters. The molecular weight excluding hydrogens is 226 g/mol. The fraction of sp³-hybridized carbons (Fsp3) is 0.727. The number of terminal acetylenes is 1. The average Bonchev–Trinajstić information content (AvgIpc) is 2.58. The number of hydrogen-bond donors (Lipinski definition) is 1. The second-order valence-corrected chi connectivity index (χ2v) is 6.28. The fourth-order valence-corrected chi connectivity index (χ4v) is 3.45. The number of unbranched alkanes of at least 4 members (excludes halogenated alkanes) is 2. The quantitative estimate of drug-likeness (QED) is 0.559. The van der Waals surface area contributed by atoms with Gasteiger partial charge in [0, 0.05) is 13.0 Å². The number of carbonyl (C=O) groups is 1. The molecule has 1 fully saturated rings. The predicted molar refractivity (Wildman–Crippen MR) is 62.5 cm³/mol. The molecule has 1 rings (SSSR count). The first-order valence-electron chi connectivity index (χ1n) is 5.47. The van der Waals surface area contributed by atoms with Crippen molar-refractivity contribution < 1.29 is 13.2 Å². The molecule has 0 saturated carbocycles. The van der Waals surface area contributed by atoms with Gasteiger partial charge in [0.25, 0.3) is 0 Å². The first-order chi connectivity index (χ1) is 7.55. The lowest BCUT2D eigenvalue weighted by molar-refractivity contribution is -0.124. The molecule has 1 heterocycles. The summed E-state index contributed by atoms with van der Waals surface area (Å²) in [5, 5.41) is 2.75. The van der Waals surface area contributed by atoms with Crippen LogP contribution in [0, 0.1) is 18.3 Å². The van der Waals surface area contributed by atoms with E-state index in [9.17, 15) is 13.2 Å². The zero-order chi connectivity index (χ0) is 12.0. The highest BCUT2D eigenvalue weighted by atomic mass is 32.2. The third kappa shape index (κ3) is 4.23. The molecule has 90 valence electrons. The Hall–Kier alpha value is -1.02. The number of sulfone groups is 1. The van der Waals surface area contributed by atoms with E-state index in [1.165, 1.54) is 0 Å². The van der Waals surface area contributed by atoms with Gasteiger partial charge in [-0.15, -0.1) is 12.3 Å². The zero-order valence-corrected chi connectivity index (χ0v) is 10.1. The van der Waals surface area contributed by atoms with Gasteiger partial charge in [0.2, 0.25) is 5.91 Å². The maximum atomic E-state index is 11.5. The first-order valence-corrected chi connectivity index (χ1v) is 7.29. The maximum Gasteiger partial charge on any atom is 0.224 e. The van der Waals surface area contributed by atoms with Crippen molar-refractivity contribution in [1.29, 1.82) is 0 Å². The van der Waals surface area contributed by atoms with Gasteiger partial charge in [-0.2, -0.15) is 0 Å². The van der Waals surface area contributed by atoms with Gasteiger partial charge in [0.15, 0.2) is 9.84 Å². The molecular formula is C11H17NO3S. The fourth-order valence-electron chi connectivity index (χ4n) is 1.71. The average molecular weight is 243 g/mol.